The summed E-state index contributed by atoms with van der Waals surface area (Å²) in [5, 5.41) is 2.97. The summed E-state index contributed by atoms with van der Waals surface area (Å²) >= 11 is 0. The molecule has 0 unspecified atom stereocenters. The van der Waals surface area contributed by atoms with Gasteiger partial charge in [-0.3, -0.25) is 9.78 Å². The number of benzene rings is 1. The van der Waals surface area contributed by atoms with Crippen LogP contribution in [0.2, 0.25) is 0 Å². The van der Waals surface area contributed by atoms with E-state index in [1.54, 1.807) is 6.07 Å². The van der Waals surface area contributed by atoms with Crippen LogP contribution in [-0.4, -0.2) is 23.5 Å². The molecule has 0 radical (unpaired) electrons. The molecule has 4 nitrogen and oxygen atoms in total. The molecule has 0 bridgehead atoms. The first-order valence-electron chi connectivity index (χ1n) is 8.30. The van der Waals surface area contributed by atoms with Gasteiger partial charge in [-0.15, -0.1) is 0 Å². The number of halogens is 1. The Morgan fingerprint density at radius 3 is 2.88 bits per heavy atom. The lowest BCUT2D eigenvalue weighted by molar-refractivity contribution is 0.0914. The fourth-order valence-electron chi connectivity index (χ4n) is 3.15. The van der Waals surface area contributed by atoms with E-state index in [1.807, 2.05) is 19.1 Å². The Bertz CT molecular complexity index is 802. The van der Waals surface area contributed by atoms with Gasteiger partial charge in [0.15, 0.2) is 0 Å². The third kappa shape index (κ3) is 2.98. The van der Waals surface area contributed by atoms with Crippen LogP contribution in [0, 0.1) is 12.7 Å². The number of aromatic nitrogens is 1. The van der Waals surface area contributed by atoms with E-state index in [2.05, 4.69) is 10.3 Å². The maximum atomic E-state index is 13.4. The molecule has 124 valence electrons. The van der Waals surface area contributed by atoms with Crippen LogP contribution in [0.25, 0.3) is 0 Å². The third-order valence-corrected chi connectivity index (χ3v) is 4.61. The average Bonchev–Trinajstić information content (AvgIpc) is 3.39. The molecule has 1 aromatic carbocycles. The highest BCUT2D eigenvalue weighted by molar-refractivity contribution is 5.95. The number of pyridine rings is 1. The number of ether oxygens (including phenoxy) is 1. The van der Waals surface area contributed by atoms with Crippen LogP contribution in [0.4, 0.5) is 4.39 Å². The smallest absolute Gasteiger partial charge is 0.253 e. The van der Waals surface area contributed by atoms with Gasteiger partial charge in [-0.1, -0.05) is 0 Å². The molecule has 1 saturated carbocycles. The van der Waals surface area contributed by atoms with Crippen molar-refractivity contribution in [2.45, 2.75) is 38.1 Å². The number of hydrogen-bond donors (Lipinski definition) is 1. The van der Waals surface area contributed by atoms with Crippen molar-refractivity contribution in [3.63, 3.8) is 0 Å². The number of carbonyl (C=O) groups is 1. The highest BCUT2D eigenvalue weighted by atomic mass is 19.1. The Morgan fingerprint density at radius 2 is 2.12 bits per heavy atom. The van der Waals surface area contributed by atoms with Gasteiger partial charge in [0.2, 0.25) is 0 Å². The molecule has 1 aromatic heterocycles. The molecule has 1 aliphatic carbocycles. The van der Waals surface area contributed by atoms with Crippen LogP contribution >= 0.6 is 0 Å². The van der Waals surface area contributed by atoms with Crippen molar-refractivity contribution in [1.29, 1.82) is 0 Å². The molecule has 1 fully saturated rings. The summed E-state index contributed by atoms with van der Waals surface area (Å²) in [5.41, 5.74) is 3.20. The first-order chi connectivity index (χ1) is 11.6. The Balaban J connectivity index is 1.46. The van der Waals surface area contributed by atoms with Gasteiger partial charge >= 0.3 is 0 Å². The molecule has 5 heteroatoms. The van der Waals surface area contributed by atoms with Gasteiger partial charge in [-0.2, -0.15) is 0 Å². The van der Waals surface area contributed by atoms with Crippen molar-refractivity contribution in [2.24, 2.45) is 0 Å². The standard InChI is InChI=1S/C19H19FN2O2/c1-11-16(5-6-17(21-11)12-2-3-12)19(23)22-15-9-13-8-14(20)4-7-18(13)24-10-15/h4-8,12,15H,2-3,9-10H2,1H3,(H,22,23)/t15-/m0/s1. The van der Waals surface area contributed by atoms with Gasteiger partial charge in [0.1, 0.15) is 18.2 Å². The fourth-order valence-corrected chi connectivity index (χ4v) is 3.15. The number of rotatable bonds is 3. The number of fused-ring (bicyclic) bond motifs is 1. The SMILES string of the molecule is Cc1nc(C2CC2)ccc1C(=O)N[C@@H]1COc2ccc(F)cc2C1. The molecular formula is C19H19FN2O2. The van der Waals surface area contributed by atoms with E-state index >= 15 is 0 Å². The number of nitrogens with one attached hydrogen (secondary N) is 1. The summed E-state index contributed by atoms with van der Waals surface area (Å²) in [7, 11) is 0. The van der Waals surface area contributed by atoms with Crippen molar-refractivity contribution in [3.05, 3.63) is 58.7 Å². The first kappa shape index (κ1) is 15.1. The lowest BCUT2D eigenvalue weighted by atomic mass is 10.0. The monoisotopic (exact) mass is 326 g/mol. The molecule has 1 N–H and O–H groups in total. The van der Waals surface area contributed by atoms with Gasteiger partial charge in [-0.05, 0) is 62.1 Å². The number of carbonyl (C=O) groups excluding carboxylic acids is 1. The Hall–Kier alpha value is -2.43. The molecule has 0 spiro atoms. The zero-order valence-corrected chi connectivity index (χ0v) is 13.5. The predicted molar refractivity (Wildman–Crippen MR) is 87.8 cm³/mol. The normalized spacial score (nSPS) is 19.3. The number of hydrogen-bond acceptors (Lipinski definition) is 3. The minimum absolute atomic E-state index is 0.157. The van der Waals surface area contributed by atoms with Crippen molar-refractivity contribution < 1.29 is 13.9 Å². The maximum Gasteiger partial charge on any atom is 0.253 e. The summed E-state index contributed by atoms with van der Waals surface area (Å²) in [4.78, 5) is 17.1. The zero-order valence-electron chi connectivity index (χ0n) is 13.5. The van der Waals surface area contributed by atoms with E-state index in [9.17, 15) is 9.18 Å². The van der Waals surface area contributed by atoms with E-state index < -0.39 is 0 Å². The molecule has 4 rings (SSSR count). The molecule has 1 atom stereocenters. The van der Waals surface area contributed by atoms with Gasteiger partial charge in [0.05, 0.1) is 17.3 Å². The summed E-state index contributed by atoms with van der Waals surface area (Å²) in [6, 6.07) is 8.10. The predicted octanol–water partition coefficient (Wildman–Crippen LogP) is 3.14. The van der Waals surface area contributed by atoms with Crippen LogP contribution in [-0.2, 0) is 6.42 Å². The second kappa shape index (κ2) is 5.89. The molecule has 1 amide bonds. The lowest BCUT2D eigenvalue weighted by Crippen LogP contribution is -2.43. The van der Waals surface area contributed by atoms with Gasteiger partial charge in [-0.25, -0.2) is 4.39 Å². The van der Waals surface area contributed by atoms with E-state index in [-0.39, 0.29) is 17.8 Å². The van der Waals surface area contributed by atoms with Gasteiger partial charge < -0.3 is 10.1 Å². The second-order valence-corrected chi connectivity index (χ2v) is 6.58. The summed E-state index contributed by atoms with van der Waals surface area (Å²) in [5.74, 6) is 0.809. The largest absolute Gasteiger partial charge is 0.491 e. The summed E-state index contributed by atoms with van der Waals surface area (Å²) in [6.07, 6.45) is 2.94. The van der Waals surface area contributed by atoms with E-state index in [1.165, 1.54) is 25.0 Å². The first-order valence-corrected chi connectivity index (χ1v) is 8.30. The topological polar surface area (TPSA) is 51.2 Å². The minimum Gasteiger partial charge on any atom is -0.491 e. The third-order valence-electron chi connectivity index (χ3n) is 4.61. The van der Waals surface area contributed by atoms with E-state index in [0.29, 0.717) is 30.3 Å². The highest BCUT2D eigenvalue weighted by Crippen LogP contribution is 2.39. The minimum atomic E-state index is -0.292. The molecule has 2 aliphatic rings. The number of aryl methyl sites for hydroxylation is 1. The van der Waals surface area contributed by atoms with Crippen LogP contribution in [0.15, 0.2) is 30.3 Å². The van der Waals surface area contributed by atoms with Crippen LogP contribution in [0.1, 0.15) is 46.1 Å². The Kier molecular flexibility index (Phi) is 3.71. The summed E-state index contributed by atoms with van der Waals surface area (Å²) in [6.45, 7) is 2.25. The van der Waals surface area contributed by atoms with Gasteiger partial charge in [0, 0.05) is 11.6 Å². The summed E-state index contributed by atoms with van der Waals surface area (Å²) < 4.78 is 19.0. The van der Waals surface area contributed by atoms with E-state index in [0.717, 1.165) is 17.0 Å². The highest BCUT2D eigenvalue weighted by Gasteiger charge is 2.27. The van der Waals surface area contributed by atoms with Crippen LogP contribution in [0.5, 0.6) is 5.75 Å². The molecule has 0 saturated heterocycles. The molecule has 2 aromatic rings. The maximum absolute atomic E-state index is 13.4. The number of nitrogens with zero attached hydrogens (tertiary/aromatic N) is 1. The number of amides is 1. The van der Waals surface area contributed by atoms with Crippen LogP contribution < -0.4 is 10.1 Å². The fraction of sp³-hybridized carbons (Fsp3) is 0.368. The van der Waals surface area contributed by atoms with Crippen LogP contribution in [0.3, 0.4) is 0 Å². The zero-order chi connectivity index (χ0) is 16.7. The quantitative estimate of drug-likeness (QED) is 0.943. The van der Waals surface area contributed by atoms with E-state index in [4.69, 9.17) is 4.74 Å². The molecule has 2 heterocycles. The van der Waals surface area contributed by atoms with Crippen molar-refractivity contribution in [3.8, 4) is 5.75 Å². The average molecular weight is 326 g/mol. The molecule has 24 heavy (non-hydrogen) atoms. The van der Waals surface area contributed by atoms with Crippen molar-refractivity contribution in [1.82, 2.24) is 10.3 Å². The Labute approximate surface area is 140 Å². The molecule has 1 aliphatic heterocycles. The lowest BCUT2D eigenvalue weighted by Gasteiger charge is -2.26. The molecular weight excluding hydrogens is 307 g/mol. The van der Waals surface area contributed by atoms with Crippen molar-refractivity contribution >= 4 is 5.91 Å². The second-order valence-electron chi connectivity index (χ2n) is 6.58. The Morgan fingerprint density at radius 1 is 1.29 bits per heavy atom. The van der Waals surface area contributed by atoms with Gasteiger partial charge in [0.25, 0.3) is 5.91 Å². The van der Waals surface area contributed by atoms with Crippen molar-refractivity contribution in [2.75, 3.05) is 6.61 Å².